The fourth-order valence-corrected chi connectivity index (χ4v) is 3.34. The van der Waals surface area contributed by atoms with Crippen molar-refractivity contribution in [1.82, 2.24) is 15.0 Å². The molecular formula is C24H19BrN4O2. The van der Waals surface area contributed by atoms with E-state index in [-0.39, 0.29) is 5.91 Å². The maximum atomic E-state index is 12.4. The van der Waals surface area contributed by atoms with Crippen molar-refractivity contribution in [2.75, 3.05) is 5.32 Å². The molecule has 7 heteroatoms. The Bertz CT molecular complexity index is 1210. The van der Waals surface area contributed by atoms with Crippen LogP contribution in [0.4, 0.5) is 5.69 Å². The van der Waals surface area contributed by atoms with E-state index in [1.165, 1.54) is 0 Å². The maximum Gasteiger partial charge on any atom is 0.255 e. The van der Waals surface area contributed by atoms with Crippen LogP contribution in [0.3, 0.4) is 0 Å². The molecule has 0 unspecified atom stereocenters. The second kappa shape index (κ2) is 9.49. The third kappa shape index (κ3) is 5.13. The average molecular weight is 475 g/mol. The molecule has 0 saturated heterocycles. The van der Waals surface area contributed by atoms with Crippen LogP contribution < -0.4 is 10.1 Å². The Balaban J connectivity index is 1.50. The van der Waals surface area contributed by atoms with Crippen molar-refractivity contribution in [1.29, 1.82) is 0 Å². The van der Waals surface area contributed by atoms with Gasteiger partial charge >= 0.3 is 0 Å². The summed E-state index contributed by atoms with van der Waals surface area (Å²) in [5.41, 5.74) is 2.78. The number of benzene rings is 2. The zero-order valence-electron chi connectivity index (χ0n) is 16.7. The molecule has 1 N–H and O–H groups in total. The molecule has 2 aromatic carbocycles. The number of aryl methyl sites for hydroxylation is 1. The van der Waals surface area contributed by atoms with Crippen LogP contribution in [-0.4, -0.2) is 20.9 Å². The van der Waals surface area contributed by atoms with Crippen molar-refractivity contribution < 1.29 is 9.53 Å². The fourth-order valence-electron chi connectivity index (χ4n) is 2.94. The maximum absolute atomic E-state index is 12.4. The highest BCUT2D eigenvalue weighted by Crippen LogP contribution is 2.30. The van der Waals surface area contributed by atoms with Crippen molar-refractivity contribution in [2.24, 2.45) is 0 Å². The molecule has 0 bridgehead atoms. The lowest BCUT2D eigenvalue weighted by Crippen LogP contribution is -2.11. The number of nitrogens with zero attached hydrogens (tertiary/aromatic N) is 3. The minimum atomic E-state index is -0.183. The quantitative estimate of drug-likeness (QED) is 0.375. The van der Waals surface area contributed by atoms with Gasteiger partial charge < -0.3 is 10.1 Å². The summed E-state index contributed by atoms with van der Waals surface area (Å²) >= 11 is 3.38. The highest BCUT2D eigenvalue weighted by Gasteiger charge is 2.11. The minimum absolute atomic E-state index is 0.183. The zero-order chi connectivity index (χ0) is 21.6. The van der Waals surface area contributed by atoms with E-state index < -0.39 is 0 Å². The molecule has 0 aliphatic carbocycles. The number of halogens is 1. The smallest absolute Gasteiger partial charge is 0.255 e. The molecular weight excluding hydrogens is 456 g/mol. The average Bonchev–Trinajstić information content (AvgIpc) is 2.81. The van der Waals surface area contributed by atoms with Crippen molar-refractivity contribution >= 4 is 27.5 Å². The van der Waals surface area contributed by atoms with Crippen LogP contribution in [0.25, 0.3) is 11.3 Å². The number of pyridine rings is 1. The molecule has 0 spiro atoms. The van der Waals surface area contributed by atoms with Gasteiger partial charge in [-0.15, -0.1) is 0 Å². The van der Waals surface area contributed by atoms with Gasteiger partial charge in [-0.05, 0) is 60.7 Å². The molecule has 0 aliphatic rings. The van der Waals surface area contributed by atoms with Crippen molar-refractivity contribution in [3.8, 4) is 22.9 Å². The van der Waals surface area contributed by atoms with E-state index in [1.807, 2.05) is 37.3 Å². The Labute approximate surface area is 188 Å². The summed E-state index contributed by atoms with van der Waals surface area (Å²) in [6, 6.07) is 20.0. The van der Waals surface area contributed by atoms with Gasteiger partial charge in [-0.3, -0.25) is 4.79 Å². The van der Waals surface area contributed by atoms with Crippen LogP contribution in [0.15, 0.2) is 83.6 Å². The summed E-state index contributed by atoms with van der Waals surface area (Å²) in [5, 5.41) is 2.88. The number of ether oxygens (including phenoxy) is 1. The van der Waals surface area contributed by atoms with E-state index in [0.29, 0.717) is 22.9 Å². The van der Waals surface area contributed by atoms with Crippen LogP contribution in [0.5, 0.6) is 11.6 Å². The summed E-state index contributed by atoms with van der Waals surface area (Å²) in [7, 11) is 0. The number of nitrogens with one attached hydrogen (secondary N) is 1. The molecule has 4 aromatic rings. The zero-order valence-corrected chi connectivity index (χ0v) is 18.3. The molecule has 0 saturated carbocycles. The number of amides is 1. The summed E-state index contributed by atoms with van der Waals surface area (Å²) < 4.78 is 6.86. The van der Waals surface area contributed by atoms with Gasteiger partial charge in [-0.2, -0.15) is 0 Å². The number of hydrogen-bond acceptors (Lipinski definition) is 5. The first kappa shape index (κ1) is 20.7. The lowest BCUT2D eigenvalue weighted by atomic mass is 10.2. The summed E-state index contributed by atoms with van der Waals surface area (Å²) in [6.45, 7) is 2.01. The van der Waals surface area contributed by atoms with E-state index in [0.717, 1.165) is 28.0 Å². The number of carbonyl (C=O) groups is 1. The van der Waals surface area contributed by atoms with Crippen LogP contribution >= 0.6 is 15.9 Å². The summed E-state index contributed by atoms with van der Waals surface area (Å²) in [5.74, 6) is 1.63. The Morgan fingerprint density at radius 2 is 1.84 bits per heavy atom. The first-order valence-electron chi connectivity index (χ1n) is 9.74. The van der Waals surface area contributed by atoms with Crippen molar-refractivity contribution in [2.45, 2.75) is 13.3 Å². The Hall–Kier alpha value is -3.58. The molecule has 4 rings (SSSR count). The van der Waals surface area contributed by atoms with Crippen LogP contribution in [0, 0.1) is 0 Å². The SMILES string of the molecule is CCc1nccc(-c2cccnc2Oc2ccc(NC(=O)c3cccc(Br)c3)cc2)n1. The van der Waals surface area contributed by atoms with Gasteiger partial charge in [0.2, 0.25) is 5.88 Å². The Morgan fingerprint density at radius 1 is 1.00 bits per heavy atom. The van der Waals surface area contributed by atoms with Gasteiger partial charge in [0.25, 0.3) is 5.91 Å². The molecule has 0 fully saturated rings. The topological polar surface area (TPSA) is 77.0 Å². The van der Waals surface area contributed by atoms with Gasteiger partial charge in [-0.25, -0.2) is 15.0 Å². The molecule has 0 atom stereocenters. The standard InChI is InChI=1S/C24H19BrN4O2/c1-2-22-26-14-12-21(29-22)20-7-4-13-27-24(20)31-19-10-8-18(9-11-19)28-23(30)16-5-3-6-17(25)15-16/h3-15H,2H2,1H3,(H,28,30). The normalized spacial score (nSPS) is 10.5. The van der Waals surface area contributed by atoms with Crippen LogP contribution in [-0.2, 0) is 6.42 Å². The fraction of sp³-hybridized carbons (Fsp3) is 0.0833. The van der Waals surface area contributed by atoms with E-state index in [2.05, 4.69) is 36.2 Å². The predicted octanol–water partition coefficient (Wildman–Crippen LogP) is 5.91. The van der Waals surface area contributed by atoms with Crippen LogP contribution in [0.1, 0.15) is 23.1 Å². The van der Waals surface area contributed by atoms with Crippen molar-refractivity contribution in [3.63, 3.8) is 0 Å². The molecule has 31 heavy (non-hydrogen) atoms. The highest BCUT2D eigenvalue weighted by atomic mass is 79.9. The summed E-state index contributed by atoms with van der Waals surface area (Å²) in [6.07, 6.45) is 4.16. The van der Waals surface area contributed by atoms with Gasteiger partial charge in [0.15, 0.2) is 0 Å². The summed E-state index contributed by atoms with van der Waals surface area (Å²) in [4.78, 5) is 25.6. The molecule has 2 aromatic heterocycles. The Kier molecular flexibility index (Phi) is 6.33. The van der Waals surface area contributed by atoms with E-state index in [1.54, 1.807) is 48.8 Å². The number of aromatic nitrogens is 3. The second-order valence-corrected chi connectivity index (χ2v) is 7.57. The predicted molar refractivity (Wildman–Crippen MR) is 123 cm³/mol. The van der Waals surface area contributed by atoms with Gasteiger partial charge in [0, 0.05) is 34.5 Å². The van der Waals surface area contributed by atoms with E-state index in [9.17, 15) is 4.79 Å². The van der Waals surface area contributed by atoms with E-state index >= 15 is 0 Å². The Morgan fingerprint density at radius 3 is 2.61 bits per heavy atom. The number of anilines is 1. The lowest BCUT2D eigenvalue weighted by Gasteiger charge is -2.11. The highest BCUT2D eigenvalue weighted by molar-refractivity contribution is 9.10. The van der Waals surface area contributed by atoms with E-state index in [4.69, 9.17) is 4.74 Å². The minimum Gasteiger partial charge on any atom is -0.438 e. The third-order valence-corrected chi connectivity index (χ3v) is 4.98. The second-order valence-electron chi connectivity index (χ2n) is 6.66. The largest absolute Gasteiger partial charge is 0.438 e. The van der Waals surface area contributed by atoms with Gasteiger partial charge in [0.05, 0.1) is 11.3 Å². The number of rotatable bonds is 6. The monoisotopic (exact) mass is 474 g/mol. The van der Waals surface area contributed by atoms with Gasteiger partial charge in [0.1, 0.15) is 11.6 Å². The van der Waals surface area contributed by atoms with Crippen molar-refractivity contribution in [3.05, 3.63) is 95.0 Å². The number of hydrogen-bond donors (Lipinski definition) is 1. The first-order valence-corrected chi connectivity index (χ1v) is 10.5. The molecule has 6 nitrogen and oxygen atoms in total. The molecule has 1 amide bonds. The molecule has 154 valence electrons. The molecule has 2 heterocycles. The van der Waals surface area contributed by atoms with Gasteiger partial charge in [-0.1, -0.05) is 28.9 Å². The molecule has 0 radical (unpaired) electrons. The lowest BCUT2D eigenvalue weighted by molar-refractivity contribution is 0.102. The van der Waals surface area contributed by atoms with Crippen LogP contribution in [0.2, 0.25) is 0 Å². The molecule has 0 aliphatic heterocycles. The third-order valence-electron chi connectivity index (χ3n) is 4.48. The first-order chi connectivity index (χ1) is 15.1. The number of carbonyl (C=O) groups excluding carboxylic acids is 1.